The third kappa shape index (κ3) is 2.86. The summed E-state index contributed by atoms with van der Waals surface area (Å²) >= 11 is 0. The minimum absolute atomic E-state index is 0.186. The molecule has 2 nitrogen and oxygen atoms in total. The number of pyridine rings is 1. The van der Waals surface area contributed by atoms with Crippen LogP contribution in [-0.2, 0) is 5.54 Å². The lowest BCUT2D eigenvalue weighted by Crippen LogP contribution is -2.41. The molecule has 1 aliphatic rings. The molecular formula is C15H24N2. The molecule has 1 N–H and O–H groups in total. The quantitative estimate of drug-likeness (QED) is 0.862. The lowest BCUT2D eigenvalue weighted by atomic mass is 9.82. The van der Waals surface area contributed by atoms with E-state index in [0.717, 1.165) is 12.2 Å². The fourth-order valence-corrected chi connectivity index (χ4v) is 2.93. The Labute approximate surface area is 105 Å². The van der Waals surface area contributed by atoms with Gasteiger partial charge >= 0.3 is 0 Å². The second-order valence-electron chi connectivity index (χ2n) is 5.26. The van der Waals surface area contributed by atoms with Crippen molar-refractivity contribution in [2.75, 3.05) is 6.54 Å². The summed E-state index contributed by atoms with van der Waals surface area (Å²) in [5, 5.41) is 3.79. The van der Waals surface area contributed by atoms with Crippen LogP contribution in [0.3, 0.4) is 0 Å². The predicted molar refractivity (Wildman–Crippen MR) is 72.0 cm³/mol. The van der Waals surface area contributed by atoms with Gasteiger partial charge in [0.25, 0.3) is 0 Å². The van der Waals surface area contributed by atoms with Crippen molar-refractivity contribution in [3.8, 4) is 0 Å². The molecule has 0 saturated carbocycles. The zero-order valence-electron chi connectivity index (χ0n) is 11.1. The minimum Gasteiger partial charge on any atom is -0.307 e. The largest absolute Gasteiger partial charge is 0.307 e. The van der Waals surface area contributed by atoms with E-state index in [2.05, 4.69) is 42.5 Å². The van der Waals surface area contributed by atoms with Gasteiger partial charge in [-0.25, -0.2) is 0 Å². The Morgan fingerprint density at radius 1 is 1.29 bits per heavy atom. The molecule has 2 rings (SSSR count). The van der Waals surface area contributed by atoms with Gasteiger partial charge < -0.3 is 5.32 Å². The fourth-order valence-electron chi connectivity index (χ4n) is 2.93. The Bertz CT molecular complexity index is 334. The maximum absolute atomic E-state index is 4.47. The molecule has 1 aromatic heterocycles. The third-order valence-corrected chi connectivity index (χ3v) is 3.88. The Balaban J connectivity index is 2.28. The maximum Gasteiger partial charge on any atom is 0.0449 e. The Morgan fingerprint density at radius 3 is 2.88 bits per heavy atom. The summed E-state index contributed by atoms with van der Waals surface area (Å²) < 4.78 is 0. The highest BCUT2D eigenvalue weighted by molar-refractivity contribution is 5.23. The SMILES string of the molecule is CCCC1(c2ccc(C)nc2)CCCCCN1. The van der Waals surface area contributed by atoms with E-state index in [1.165, 1.54) is 44.1 Å². The maximum atomic E-state index is 4.47. The monoisotopic (exact) mass is 232 g/mol. The number of rotatable bonds is 3. The van der Waals surface area contributed by atoms with Crippen LogP contribution in [0.4, 0.5) is 0 Å². The molecule has 1 aliphatic heterocycles. The van der Waals surface area contributed by atoms with E-state index in [1.54, 1.807) is 0 Å². The molecular weight excluding hydrogens is 208 g/mol. The number of nitrogens with one attached hydrogen (secondary N) is 1. The van der Waals surface area contributed by atoms with Crippen LogP contribution >= 0.6 is 0 Å². The molecule has 1 unspecified atom stereocenters. The first-order valence-electron chi connectivity index (χ1n) is 6.95. The number of hydrogen-bond donors (Lipinski definition) is 1. The molecule has 0 bridgehead atoms. The van der Waals surface area contributed by atoms with Crippen LogP contribution in [0.25, 0.3) is 0 Å². The molecule has 0 spiro atoms. The van der Waals surface area contributed by atoms with Crippen LogP contribution in [0.1, 0.15) is 56.7 Å². The number of nitrogens with zero attached hydrogens (tertiary/aromatic N) is 1. The average Bonchev–Trinajstić information content (AvgIpc) is 2.57. The fraction of sp³-hybridized carbons (Fsp3) is 0.667. The Hall–Kier alpha value is -0.890. The van der Waals surface area contributed by atoms with Crippen LogP contribution in [0.5, 0.6) is 0 Å². The van der Waals surface area contributed by atoms with Gasteiger partial charge in [-0.3, -0.25) is 4.98 Å². The highest BCUT2D eigenvalue weighted by atomic mass is 15.0. The molecule has 0 aromatic carbocycles. The van der Waals surface area contributed by atoms with Crippen molar-refractivity contribution < 1.29 is 0 Å². The van der Waals surface area contributed by atoms with E-state index >= 15 is 0 Å². The van der Waals surface area contributed by atoms with E-state index in [9.17, 15) is 0 Å². The standard InChI is InChI=1S/C15H24N2/c1-3-9-15(10-5-4-6-11-17-15)14-8-7-13(2)16-12-14/h7-8,12,17H,3-6,9-11H2,1-2H3. The predicted octanol–water partition coefficient (Wildman–Crippen LogP) is 3.55. The smallest absolute Gasteiger partial charge is 0.0449 e. The highest BCUT2D eigenvalue weighted by Crippen LogP contribution is 2.33. The van der Waals surface area contributed by atoms with Crippen LogP contribution in [-0.4, -0.2) is 11.5 Å². The molecule has 94 valence electrons. The van der Waals surface area contributed by atoms with Crippen molar-refractivity contribution in [3.63, 3.8) is 0 Å². The molecule has 0 amide bonds. The summed E-state index contributed by atoms with van der Waals surface area (Å²) in [6.45, 7) is 5.47. The van der Waals surface area contributed by atoms with E-state index < -0.39 is 0 Å². The molecule has 17 heavy (non-hydrogen) atoms. The highest BCUT2D eigenvalue weighted by Gasteiger charge is 2.31. The summed E-state index contributed by atoms with van der Waals surface area (Å²) in [7, 11) is 0. The van der Waals surface area contributed by atoms with Gasteiger partial charge in [0.1, 0.15) is 0 Å². The third-order valence-electron chi connectivity index (χ3n) is 3.88. The zero-order chi connectivity index (χ0) is 12.1. The van der Waals surface area contributed by atoms with Crippen molar-refractivity contribution in [2.24, 2.45) is 0 Å². The molecule has 0 aliphatic carbocycles. The molecule has 2 heterocycles. The summed E-state index contributed by atoms with van der Waals surface area (Å²) in [6.07, 6.45) is 9.77. The second kappa shape index (κ2) is 5.63. The van der Waals surface area contributed by atoms with Crippen LogP contribution in [0.2, 0.25) is 0 Å². The number of aromatic nitrogens is 1. The zero-order valence-corrected chi connectivity index (χ0v) is 11.1. The van der Waals surface area contributed by atoms with Gasteiger partial charge in [0.15, 0.2) is 0 Å². The number of aryl methyl sites for hydroxylation is 1. The van der Waals surface area contributed by atoms with Gasteiger partial charge in [-0.05, 0) is 44.4 Å². The first kappa shape index (κ1) is 12.6. The normalized spacial score (nSPS) is 25.5. The van der Waals surface area contributed by atoms with Crippen LogP contribution in [0, 0.1) is 6.92 Å². The Morgan fingerprint density at radius 2 is 2.18 bits per heavy atom. The first-order valence-corrected chi connectivity index (χ1v) is 6.95. The van der Waals surface area contributed by atoms with Crippen LogP contribution in [0.15, 0.2) is 18.3 Å². The van der Waals surface area contributed by atoms with Crippen molar-refractivity contribution >= 4 is 0 Å². The minimum atomic E-state index is 0.186. The average molecular weight is 232 g/mol. The van der Waals surface area contributed by atoms with Crippen molar-refractivity contribution in [3.05, 3.63) is 29.6 Å². The molecule has 1 atom stereocenters. The number of hydrogen-bond acceptors (Lipinski definition) is 2. The lowest BCUT2D eigenvalue weighted by molar-refractivity contribution is 0.296. The summed E-state index contributed by atoms with van der Waals surface area (Å²) in [5.41, 5.74) is 2.67. The second-order valence-corrected chi connectivity index (χ2v) is 5.26. The van der Waals surface area contributed by atoms with E-state index in [4.69, 9.17) is 0 Å². The molecule has 1 fully saturated rings. The van der Waals surface area contributed by atoms with Crippen LogP contribution < -0.4 is 5.32 Å². The van der Waals surface area contributed by atoms with Gasteiger partial charge in [-0.2, -0.15) is 0 Å². The molecule has 2 heteroatoms. The summed E-state index contributed by atoms with van der Waals surface area (Å²) in [6, 6.07) is 4.40. The van der Waals surface area contributed by atoms with E-state index in [1.807, 2.05) is 0 Å². The van der Waals surface area contributed by atoms with Crippen molar-refractivity contribution in [1.82, 2.24) is 10.3 Å². The van der Waals surface area contributed by atoms with Gasteiger partial charge in [-0.1, -0.05) is 32.3 Å². The van der Waals surface area contributed by atoms with E-state index in [-0.39, 0.29) is 5.54 Å². The summed E-state index contributed by atoms with van der Waals surface area (Å²) in [4.78, 5) is 4.47. The van der Waals surface area contributed by atoms with Crippen molar-refractivity contribution in [1.29, 1.82) is 0 Å². The topological polar surface area (TPSA) is 24.9 Å². The lowest BCUT2D eigenvalue weighted by Gasteiger charge is -2.34. The molecule has 1 saturated heterocycles. The Kier molecular flexibility index (Phi) is 4.16. The molecule has 1 aromatic rings. The van der Waals surface area contributed by atoms with E-state index in [0.29, 0.717) is 0 Å². The van der Waals surface area contributed by atoms with Gasteiger partial charge in [-0.15, -0.1) is 0 Å². The molecule has 0 radical (unpaired) electrons. The van der Waals surface area contributed by atoms with Gasteiger partial charge in [0.2, 0.25) is 0 Å². The first-order chi connectivity index (χ1) is 8.27. The van der Waals surface area contributed by atoms with Gasteiger partial charge in [0.05, 0.1) is 0 Å². The summed E-state index contributed by atoms with van der Waals surface area (Å²) in [5.74, 6) is 0. The van der Waals surface area contributed by atoms with Gasteiger partial charge in [0, 0.05) is 17.4 Å². The van der Waals surface area contributed by atoms with Crippen molar-refractivity contribution in [2.45, 2.75) is 57.9 Å².